The average Bonchev–Trinajstić information content (AvgIpc) is 2.55. The molecular weight excluding hydrogens is 314 g/mol. The first-order valence-electron chi connectivity index (χ1n) is 7.68. The number of sulfonamides is 1. The lowest BCUT2D eigenvalue weighted by Gasteiger charge is -2.33. The van der Waals surface area contributed by atoms with Crippen molar-refractivity contribution in [1.29, 1.82) is 0 Å². The van der Waals surface area contributed by atoms with Gasteiger partial charge in [0.05, 0.1) is 4.90 Å². The van der Waals surface area contributed by atoms with E-state index in [1.807, 2.05) is 19.9 Å². The third kappa shape index (κ3) is 4.56. The summed E-state index contributed by atoms with van der Waals surface area (Å²) >= 11 is 0. The minimum Gasteiger partial charge on any atom is -0.322 e. The average molecular weight is 337 g/mol. The highest BCUT2D eigenvalue weighted by Gasteiger charge is 2.29. The molecule has 1 heterocycles. The molecule has 7 heteroatoms. The first-order valence-corrected chi connectivity index (χ1v) is 9.12. The first kappa shape index (κ1) is 17.5. The number of piperazine rings is 1. The smallest absolute Gasteiger partial charge is 0.321 e. The van der Waals surface area contributed by atoms with Crippen molar-refractivity contribution < 1.29 is 13.2 Å². The second-order valence-electron chi connectivity index (χ2n) is 5.76. The number of nitrogens with zero attached hydrogens (tertiary/aromatic N) is 2. The molecule has 0 atom stereocenters. The molecule has 1 N–H and O–H groups in total. The van der Waals surface area contributed by atoms with Crippen LogP contribution in [0.25, 0.3) is 0 Å². The van der Waals surface area contributed by atoms with Crippen molar-refractivity contribution >= 4 is 16.1 Å². The van der Waals surface area contributed by atoms with Gasteiger partial charge in [0.1, 0.15) is 0 Å². The Morgan fingerprint density at radius 1 is 1.13 bits per heavy atom. The first-order chi connectivity index (χ1) is 10.9. The van der Waals surface area contributed by atoms with E-state index < -0.39 is 10.0 Å². The van der Waals surface area contributed by atoms with Crippen LogP contribution in [0.3, 0.4) is 0 Å². The molecule has 6 nitrogen and oxygen atoms in total. The van der Waals surface area contributed by atoms with Crippen molar-refractivity contribution in [1.82, 2.24) is 14.5 Å². The standard InChI is InChI=1S/C16H23N3O3S/c1-14(2)8-9-17-16(20)18-10-12-19(13-11-18)23(21,22)15-6-4-3-5-7-15/h3-9,14H,10-13H2,1-2H3,(H,17,20)/b9-8+. The van der Waals surface area contributed by atoms with Crippen LogP contribution >= 0.6 is 0 Å². The van der Waals surface area contributed by atoms with Crippen LogP contribution in [0.5, 0.6) is 0 Å². The van der Waals surface area contributed by atoms with Crippen molar-refractivity contribution in [3.8, 4) is 0 Å². The zero-order chi connectivity index (χ0) is 16.9. The molecule has 1 aliphatic heterocycles. The number of benzene rings is 1. The molecule has 0 aromatic heterocycles. The van der Waals surface area contributed by atoms with Gasteiger partial charge in [-0.25, -0.2) is 13.2 Å². The number of hydrogen-bond acceptors (Lipinski definition) is 3. The van der Waals surface area contributed by atoms with Crippen LogP contribution in [0.1, 0.15) is 13.8 Å². The molecular formula is C16H23N3O3S. The number of rotatable bonds is 4. The van der Waals surface area contributed by atoms with Gasteiger partial charge in [0, 0.05) is 32.4 Å². The summed E-state index contributed by atoms with van der Waals surface area (Å²) in [4.78, 5) is 13.9. The van der Waals surface area contributed by atoms with E-state index in [-0.39, 0.29) is 10.9 Å². The minimum absolute atomic E-state index is 0.196. The minimum atomic E-state index is -3.48. The molecule has 0 unspecified atom stereocenters. The van der Waals surface area contributed by atoms with Crippen LogP contribution in [0, 0.1) is 5.92 Å². The van der Waals surface area contributed by atoms with Gasteiger partial charge in [0.2, 0.25) is 10.0 Å². The van der Waals surface area contributed by atoms with E-state index in [9.17, 15) is 13.2 Å². The Balaban J connectivity index is 1.92. The fraction of sp³-hybridized carbons (Fsp3) is 0.438. The Morgan fingerprint density at radius 2 is 1.74 bits per heavy atom. The van der Waals surface area contributed by atoms with E-state index in [1.165, 1.54) is 4.31 Å². The van der Waals surface area contributed by atoms with Gasteiger partial charge in [0.25, 0.3) is 0 Å². The van der Waals surface area contributed by atoms with Crippen LogP contribution < -0.4 is 5.32 Å². The zero-order valence-electron chi connectivity index (χ0n) is 13.5. The van der Waals surface area contributed by atoms with Gasteiger partial charge in [0.15, 0.2) is 0 Å². The number of urea groups is 1. The topological polar surface area (TPSA) is 69.7 Å². The molecule has 0 aliphatic carbocycles. The van der Waals surface area contributed by atoms with Crippen molar-refractivity contribution in [3.63, 3.8) is 0 Å². The second-order valence-corrected chi connectivity index (χ2v) is 7.69. The van der Waals surface area contributed by atoms with E-state index in [0.29, 0.717) is 32.1 Å². The van der Waals surface area contributed by atoms with Gasteiger partial charge < -0.3 is 10.2 Å². The molecule has 1 aromatic carbocycles. The summed E-state index contributed by atoms with van der Waals surface area (Å²) in [5.41, 5.74) is 0. The van der Waals surface area contributed by atoms with Crippen LogP contribution in [-0.2, 0) is 10.0 Å². The maximum Gasteiger partial charge on any atom is 0.321 e. The number of carbonyl (C=O) groups is 1. The van der Waals surface area contributed by atoms with Gasteiger partial charge in [-0.05, 0) is 18.1 Å². The molecule has 1 aliphatic rings. The Labute approximate surface area is 137 Å². The van der Waals surface area contributed by atoms with Gasteiger partial charge >= 0.3 is 6.03 Å². The van der Waals surface area contributed by atoms with E-state index in [2.05, 4.69) is 5.32 Å². The quantitative estimate of drug-likeness (QED) is 0.912. The highest BCUT2D eigenvalue weighted by Crippen LogP contribution is 2.17. The lowest BCUT2D eigenvalue weighted by molar-refractivity contribution is 0.175. The fourth-order valence-electron chi connectivity index (χ4n) is 2.28. The largest absolute Gasteiger partial charge is 0.322 e. The third-order valence-corrected chi connectivity index (χ3v) is 5.51. The summed E-state index contributed by atoms with van der Waals surface area (Å²) in [6.07, 6.45) is 3.54. The number of carbonyl (C=O) groups excluding carboxylic acids is 1. The number of amides is 2. The molecule has 2 amide bonds. The molecule has 1 aromatic rings. The summed E-state index contributed by atoms with van der Waals surface area (Å²) in [7, 11) is -3.48. The molecule has 1 saturated heterocycles. The summed E-state index contributed by atoms with van der Waals surface area (Å²) in [6.45, 7) is 5.42. The normalized spacial score (nSPS) is 16.9. The Morgan fingerprint density at radius 3 is 2.30 bits per heavy atom. The summed E-state index contributed by atoms with van der Waals surface area (Å²) < 4.78 is 26.4. The monoisotopic (exact) mass is 337 g/mol. The van der Waals surface area contributed by atoms with E-state index in [0.717, 1.165) is 0 Å². The Kier molecular flexibility index (Phi) is 5.79. The van der Waals surface area contributed by atoms with Crippen LogP contribution in [0.4, 0.5) is 4.79 Å². The molecule has 0 spiro atoms. The highest BCUT2D eigenvalue weighted by molar-refractivity contribution is 7.89. The van der Waals surface area contributed by atoms with Crippen molar-refractivity contribution in [2.24, 2.45) is 5.92 Å². The SMILES string of the molecule is CC(C)/C=C/NC(=O)N1CCN(S(=O)(=O)c2ccccc2)CC1. The van der Waals surface area contributed by atoms with E-state index in [1.54, 1.807) is 41.4 Å². The second kappa shape index (κ2) is 7.61. The highest BCUT2D eigenvalue weighted by atomic mass is 32.2. The Hall–Kier alpha value is -1.86. The summed E-state index contributed by atoms with van der Waals surface area (Å²) in [5.74, 6) is 0.364. The van der Waals surface area contributed by atoms with Crippen molar-refractivity contribution in [2.45, 2.75) is 18.7 Å². The Bertz CT molecular complexity index is 648. The lowest BCUT2D eigenvalue weighted by atomic mass is 10.2. The number of nitrogens with one attached hydrogen (secondary N) is 1. The predicted molar refractivity (Wildman–Crippen MR) is 89.3 cm³/mol. The molecule has 0 bridgehead atoms. The van der Waals surface area contributed by atoms with Gasteiger partial charge in [-0.3, -0.25) is 0 Å². The van der Waals surface area contributed by atoms with Crippen molar-refractivity contribution in [2.75, 3.05) is 26.2 Å². The fourth-order valence-corrected chi connectivity index (χ4v) is 3.72. The lowest BCUT2D eigenvalue weighted by Crippen LogP contribution is -2.52. The van der Waals surface area contributed by atoms with E-state index >= 15 is 0 Å². The predicted octanol–water partition coefficient (Wildman–Crippen LogP) is 1.87. The number of hydrogen-bond donors (Lipinski definition) is 1. The van der Waals surface area contributed by atoms with Crippen LogP contribution in [-0.4, -0.2) is 49.8 Å². The molecule has 0 radical (unpaired) electrons. The van der Waals surface area contributed by atoms with Crippen LogP contribution in [0.2, 0.25) is 0 Å². The number of allylic oxidation sites excluding steroid dienone is 1. The van der Waals surface area contributed by atoms with Crippen LogP contribution in [0.15, 0.2) is 47.5 Å². The summed E-state index contributed by atoms with van der Waals surface area (Å²) in [6, 6.07) is 8.18. The van der Waals surface area contributed by atoms with Gasteiger partial charge in [-0.15, -0.1) is 0 Å². The molecule has 1 fully saturated rings. The van der Waals surface area contributed by atoms with E-state index in [4.69, 9.17) is 0 Å². The van der Waals surface area contributed by atoms with Gasteiger partial charge in [-0.2, -0.15) is 4.31 Å². The molecule has 126 valence electrons. The maximum absolute atomic E-state index is 12.5. The van der Waals surface area contributed by atoms with Gasteiger partial charge in [-0.1, -0.05) is 38.1 Å². The zero-order valence-corrected chi connectivity index (χ0v) is 14.3. The molecule has 23 heavy (non-hydrogen) atoms. The van der Waals surface area contributed by atoms with Crippen molar-refractivity contribution in [3.05, 3.63) is 42.6 Å². The molecule has 0 saturated carbocycles. The molecule has 2 rings (SSSR count). The maximum atomic E-state index is 12.5. The third-order valence-electron chi connectivity index (χ3n) is 3.59. The summed E-state index contributed by atoms with van der Waals surface area (Å²) in [5, 5.41) is 2.71.